The summed E-state index contributed by atoms with van der Waals surface area (Å²) in [6, 6.07) is -0.647. The molecule has 0 aliphatic heterocycles. The number of rotatable bonds is 2. The van der Waals surface area contributed by atoms with E-state index in [9.17, 15) is 4.79 Å². The molecule has 0 radical (unpaired) electrons. The molecule has 3 nitrogen and oxygen atoms in total. The molecule has 3 aliphatic rings. The van der Waals surface area contributed by atoms with E-state index in [-0.39, 0.29) is 5.41 Å². The van der Waals surface area contributed by atoms with Crippen molar-refractivity contribution in [2.24, 2.45) is 22.0 Å². The second-order valence-corrected chi connectivity index (χ2v) is 6.24. The van der Waals surface area contributed by atoms with Crippen molar-refractivity contribution in [1.29, 1.82) is 0 Å². The van der Waals surface area contributed by atoms with Crippen LogP contribution in [-0.2, 0) is 4.79 Å². The maximum atomic E-state index is 10.8. The summed E-state index contributed by atoms with van der Waals surface area (Å²) in [7, 11) is 0. The molecule has 0 aromatic heterocycles. The first-order valence-corrected chi connectivity index (χ1v) is 5.21. The van der Waals surface area contributed by atoms with Gasteiger partial charge in [0.05, 0.1) is 0 Å². The summed E-state index contributed by atoms with van der Waals surface area (Å²) in [5.41, 5.74) is 6.33. The Kier molecular flexibility index (Phi) is 1.65. The fraction of sp³-hybridized carbons (Fsp3) is 0.909. The molecule has 3 fully saturated rings. The van der Waals surface area contributed by atoms with Gasteiger partial charge >= 0.3 is 5.97 Å². The lowest BCUT2D eigenvalue weighted by atomic mass is 9.28. The molecule has 80 valence electrons. The lowest BCUT2D eigenvalue weighted by molar-refractivity contribution is -0.268. The average molecular weight is 197 g/mol. The van der Waals surface area contributed by atoms with Crippen molar-refractivity contribution in [3.05, 3.63) is 0 Å². The predicted molar refractivity (Wildman–Crippen MR) is 53.8 cm³/mol. The zero-order valence-electron chi connectivity index (χ0n) is 9.13. The van der Waals surface area contributed by atoms with Crippen LogP contribution in [0.5, 0.6) is 0 Å². The third-order valence-corrected chi connectivity index (χ3v) is 4.59. The van der Waals surface area contributed by atoms with Crippen LogP contribution in [0.4, 0.5) is 0 Å². The number of hydrogen-bond acceptors (Lipinski definition) is 2. The lowest BCUT2D eigenvalue weighted by Gasteiger charge is -2.76. The van der Waals surface area contributed by atoms with Gasteiger partial charge in [-0.2, -0.15) is 0 Å². The number of carboxylic acid groups (broad SMARTS) is 1. The quantitative estimate of drug-likeness (QED) is 0.707. The molecule has 0 aromatic carbocycles. The lowest BCUT2D eigenvalue weighted by Crippen LogP contribution is -2.73. The zero-order chi connectivity index (χ0) is 10.8. The first kappa shape index (κ1) is 9.97. The molecule has 3 saturated carbocycles. The predicted octanol–water partition coefficient (Wildman–Crippen LogP) is 1.61. The second kappa shape index (κ2) is 2.32. The number of carboxylic acids is 1. The van der Waals surface area contributed by atoms with E-state index >= 15 is 0 Å². The van der Waals surface area contributed by atoms with Crippen LogP contribution in [0.3, 0.4) is 0 Å². The Balaban J connectivity index is 2.04. The van der Waals surface area contributed by atoms with Crippen LogP contribution in [0.2, 0.25) is 0 Å². The molecule has 3 N–H and O–H groups in total. The fourth-order valence-corrected chi connectivity index (χ4v) is 3.25. The van der Waals surface area contributed by atoms with Gasteiger partial charge in [-0.05, 0) is 35.5 Å². The number of hydrogen-bond donors (Lipinski definition) is 2. The van der Waals surface area contributed by atoms with Crippen molar-refractivity contribution in [3.63, 3.8) is 0 Å². The summed E-state index contributed by atoms with van der Waals surface area (Å²) in [6.07, 6.45) is 3.03. The summed E-state index contributed by atoms with van der Waals surface area (Å²) in [6.45, 7) is 6.72. The maximum Gasteiger partial charge on any atom is 0.321 e. The van der Waals surface area contributed by atoms with Crippen LogP contribution in [0.1, 0.15) is 40.0 Å². The fourth-order valence-electron chi connectivity index (χ4n) is 3.25. The normalized spacial score (nSPS) is 42.3. The maximum absolute atomic E-state index is 10.8. The zero-order valence-corrected chi connectivity index (χ0v) is 9.13. The molecule has 0 spiro atoms. The van der Waals surface area contributed by atoms with Crippen LogP contribution in [0, 0.1) is 16.2 Å². The molecule has 3 aliphatic carbocycles. The molecule has 0 heterocycles. The summed E-state index contributed by atoms with van der Waals surface area (Å²) < 4.78 is 0. The van der Waals surface area contributed by atoms with Crippen LogP contribution in [0.25, 0.3) is 0 Å². The topological polar surface area (TPSA) is 63.3 Å². The molecule has 14 heavy (non-hydrogen) atoms. The van der Waals surface area contributed by atoms with E-state index in [0.717, 1.165) is 19.3 Å². The first-order chi connectivity index (χ1) is 6.23. The van der Waals surface area contributed by atoms with E-state index in [2.05, 4.69) is 20.8 Å². The molecule has 3 heteroatoms. The van der Waals surface area contributed by atoms with Crippen molar-refractivity contribution in [2.75, 3.05) is 0 Å². The van der Waals surface area contributed by atoms with E-state index in [1.54, 1.807) is 0 Å². The van der Waals surface area contributed by atoms with Crippen molar-refractivity contribution in [2.45, 2.75) is 46.1 Å². The standard InChI is InChI=1S/C11H19NO2/c1-9(2,3)11-4-10(5-11,6-11)7(12)8(13)14/h7H,4-6,12H2,1-3H3,(H,13,14). The van der Waals surface area contributed by atoms with Gasteiger partial charge in [0, 0.05) is 0 Å². The minimum Gasteiger partial charge on any atom is -0.480 e. The van der Waals surface area contributed by atoms with Gasteiger partial charge in [-0.15, -0.1) is 0 Å². The van der Waals surface area contributed by atoms with Crippen molar-refractivity contribution < 1.29 is 9.90 Å². The van der Waals surface area contributed by atoms with Crippen molar-refractivity contribution in [1.82, 2.24) is 0 Å². The number of aliphatic carboxylic acids is 1. The highest BCUT2D eigenvalue weighted by Gasteiger charge is 2.74. The Morgan fingerprint density at radius 1 is 1.36 bits per heavy atom. The highest BCUT2D eigenvalue weighted by molar-refractivity contribution is 5.75. The van der Waals surface area contributed by atoms with Gasteiger partial charge in [0.2, 0.25) is 0 Å². The monoisotopic (exact) mass is 197 g/mol. The summed E-state index contributed by atoms with van der Waals surface area (Å²) in [5.74, 6) is -0.841. The Morgan fingerprint density at radius 3 is 2.07 bits per heavy atom. The minimum atomic E-state index is -0.841. The SMILES string of the molecule is CC(C)(C)C12CC(C(N)C(=O)O)(C1)C2. The van der Waals surface area contributed by atoms with Gasteiger partial charge in [0.25, 0.3) is 0 Å². The van der Waals surface area contributed by atoms with Crippen LogP contribution >= 0.6 is 0 Å². The van der Waals surface area contributed by atoms with E-state index in [0.29, 0.717) is 10.8 Å². The van der Waals surface area contributed by atoms with E-state index in [1.807, 2.05) is 0 Å². The second-order valence-electron chi connectivity index (χ2n) is 6.24. The van der Waals surface area contributed by atoms with Gasteiger partial charge in [-0.3, -0.25) is 4.79 Å². The van der Waals surface area contributed by atoms with E-state index in [4.69, 9.17) is 10.8 Å². The molecule has 0 saturated heterocycles. The average Bonchev–Trinajstić information content (AvgIpc) is 1.76. The first-order valence-electron chi connectivity index (χ1n) is 5.21. The minimum absolute atomic E-state index is 0.0564. The van der Waals surface area contributed by atoms with Gasteiger partial charge < -0.3 is 10.8 Å². The number of nitrogens with two attached hydrogens (primary N) is 1. The molecule has 1 unspecified atom stereocenters. The Hall–Kier alpha value is -0.570. The van der Waals surface area contributed by atoms with E-state index in [1.165, 1.54) is 0 Å². The Bertz CT molecular complexity index is 270. The third kappa shape index (κ3) is 0.937. The van der Waals surface area contributed by atoms with Crippen molar-refractivity contribution >= 4 is 5.97 Å². The van der Waals surface area contributed by atoms with Crippen molar-refractivity contribution in [3.8, 4) is 0 Å². The van der Waals surface area contributed by atoms with Gasteiger partial charge in [0.1, 0.15) is 6.04 Å². The van der Waals surface area contributed by atoms with Gasteiger partial charge in [-0.1, -0.05) is 20.8 Å². The third-order valence-electron chi connectivity index (χ3n) is 4.59. The summed E-state index contributed by atoms with van der Waals surface area (Å²) in [4.78, 5) is 10.8. The largest absolute Gasteiger partial charge is 0.480 e. The summed E-state index contributed by atoms with van der Waals surface area (Å²) in [5, 5.41) is 8.87. The Morgan fingerprint density at radius 2 is 1.79 bits per heavy atom. The highest BCUT2D eigenvalue weighted by Crippen LogP contribution is 2.79. The molecular formula is C11H19NO2. The summed E-state index contributed by atoms with van der Waals surface area (Å²) >= 11 is 0. The number of carbonyl (C=O) groups is 1. The molecule has 3 rings (SSSR count). The molecule has 2 bridgehead atoms. The van der Waals surface area contributed by atoms with Gasteiger partial charge in [0.15, 0.2) is 0 Å². The van der Waals surface area contributed by atoms with Gasteiger partial charge in [-0.25, -0.2) is 0 Å². The molecule has 1 atom stereocenters. The highest BCUT2D eigenvalue weighted by atomic mass is 16.4. The Labute approximate surface area is 84.7 Å². The van der Waals surface area contributed by atoms with Crippen LogP contribution < -0.4 is 5.73 Å². The van der Waals surface area contributed by atoms with E-state index < -0.39 is 12.0 Å². The smallest absolute Gasteiger partial charge is 0.321 e. The van der Waals surface area contributed by atoms with Crippen LogP contribution in [0.15, 0.2) is 0 Å². The molecule has 0 aromatic rings. The molecule has 0 amide bonds. The van der Waals surface area contributed by atoms with Crippen LogP contribution in [-0.4, -0.2) is 17.1 Å². The molecular weight excluding hydrogens is 178 g/mol.